The molecule has 2 aromatic carbocycles. The van der Waals surface area contributed by atoms with E-state index in [1.54, 1.807) is 19.3 Å². The summed E-state index contributed by atoms with van der Waals surface area (Å²) in [5.41, 5.74) is 6.17. The molecule has 0 amide bonds. The molecule has 0 radical (unpaired) electrons. The van der Waals surface area contributed by atoms with Gasteiger partial charge in [0, 0.05) is 28.9 Å². The number of aromatic nitrogens is 2. The fourth-order valence-electron chi connectivity index (χ4n) is 3.14. The normalized spacial score (nSPS) is 10.9. The summed E-state index contributed by atoms with van der Waals surface area (Å²) in [4.78, 5) is 20.9. The number of rotatable bonds is 4. The SMILES string of the molecule is CC(=O)c1cc(-c2ccc(-c3ccc(CO)cc3)cc2)nc2ccncc12. The number of Topliss-reactive ketones (excluding diaryl/α,β-unsaturated/α-hetero) is 1. The topological polar surface area (TPSA) is 63.1 Å². The summed E-state index contributed by atoms with van der Waals surface area (Å²) in [6.07, 6.45) is 3.37. The average molecular weight is 354 g/mol. The molecule has 0 aliphatic carbocycles. The van der Waals surface area contributed by atoms with Gasteiger partial charge in [0.05, 0.1) is 17.8 Å². The Labute approximate surface area is 157 Å². The van der Waals surface area contributed by atoms with E-state index in [9.17, 15) is 4.79 Å². The van der Waals surface area contributed by atoms with E-state index in [4.69, 9.17) is 10.1 Å². The smallest absolute Gasteiger partial charge is 0.160 e. The van der Waals surface area contributed by atoms with Gasteiger partial charge in [0.15, 0.2) is 5.78 Å². The number of carbonyl (C=O) groups is 1. The van der Waals surface area contributed by atoms with Crippen molar-refractivity contribution in [2.75, 3.05) is 0 Å². The molecule has 0 atom stereocenters. The highest BCUT2D eigenvalue weighted by Gasteiger charge is 2.11. The molecule has 1 N–H and O–H groups in total. The van der Waals surface area contributed by atoms with Gasteiger partial charge >= 0.3 is 0 Å². The molecule has 0 spiro atoms. The zero-order valence-electron chi connectivity index (χ0n) is 14.9. The molecule has 0 saturated heterocycles. The van der Waals surface area contributed by atoms with E-state index in [2.05, 4.69) is 4.98 Å². The Balaban J connectivity index is 1.74. The van der Waals surface area contributed by atoms with Gasteiger partial charge in [-0.25, -0.2) is 4.98 Å². The maximum Gasteiger partial charge on any atom is 0.160 e. The van der Waals surface area contributed by atoms with Gasteiger partial charge in [-0.3, -0.25) is 9.78 Å². The van der Waals surface area contributed by atoms with E-state index >= 15 is 0 Å². The van der Waals surface area contributed by atoms with Crippen LogP contribution in [0, 0.1) is 0 Å². The van der Waals surface area contributed by atoms with Crippen molar-refractivity contribution in [3.8, 4) is 22.4 Å². The van der Waals surface area contributed by atoms with Gasteiger partial charge in [-0.05, 0) is 35.7 Å². The minimum atomic E-state index is -0.00255. The minimum Gasteiger partial charge on any atom is -0.392 e. The Hall–Kier alpha value is -3.37. The Bertz CT molecular complexity index is 1120. The van der Waals surface area contributed by atoms with Crippen molar-refractivity contribution < 1.29 is 9.90 Å². The number of hydrogen-bond donors (Lipinski definition) is 1. The molecule has 0 fully saturated rings. The van der Waals surface area contributed by atoms with Crippen molar-refractivity contribution >= 4 is 16.7 Å². The van der Waals surface area contributed by atoms with Crippen molar-refractivity contribution in [1.29, 1.82) is 0 Å². The lowest BCUT2D eigenvalue weighted by atomic mass is 9.99. The summed E-state index contributed by atoms with van der Waals surface area (Å²) in [7, 11) is 0. The van der Waals surface area contributed by atoms with Crippen LogP contribution in [0.5, 0.6) is 0 Å². The molecular weight excluding hydrogens is 336 g/mol. The molecule has 4 heteroatoms. The van der Waals surface area contributed by atoms with Gasteiger partial charge < -0.3 is 5.11 Å². The lowest BCUT2D eigenvalue weighted by Gasteiger charge is -2.09. The van der Waals surface area contributed by atoms with Crippen molar-refractivity contribution in [2.24, 2.45) is 0 Å². The molecule has 132 valence electrons. The van der Waals surface area contributed by atoms with Crippen LogP contribution < -0.4 is 0 Å². The summed E-state index contributed by atoms with van der Waals surface area (Å²) in [5.74, 6) is -0.00255. The second-order valence-corrected chi connectivity index (χ2v) is 6.44. The number of carbonyl (C=O) groups excluding carboxylic acids is 1. The van der Waals surface area contributed by atoms with Crippen LogP contribution in [0.15, 0.2) is 73.1 Å². The lowest BCUT2D eigenvalue weighted by molar-refractivity contribution is 0.101. The second kappa shape index (κ2) is 7.09. The van der Waals surface area contributed by atoms with Gasteiger partial charge in [0.1, 0.15) is 0 Å². The number of nitrogens with zero attached hydrogens (tertiary/aromatic N) is 2. The van der Waals surface area contributed by atoms with Crippen molar-refractivity contribution in [1.82, 2.24) is 9.97 Å². The quantitative estimate of drug-likeness (QED) is 0.542. The van der Waals surface area contributed by atoms with Crippen molar-refractivity contribution in [3.63, 3.8) is 0 Å². The van der Waals surface area contributed by atoms with Crippen LogP contribution in [0.3, 0.4) is 0 Å². The Morgan fingerprint density at radius 3 is 2.19 bits per heavy atom. The second-order valence-electron chi connectivity index (χ2n) is 6.44. The Morgan fingerprint density at radius 2 is 1.56 bits per heavy atom. The molecule has 2 aromatic heterocycles. The first-order valence-corrected chi connectivity index (χ1v) is 8.72. The van der Waals surface area contributed by atoms with Crippen LogP contribution in [-0.4, -0.2) is 20.9 Å². The number of fused-ring (bicyclic) bond motifs is 1. The maximum atomic E-state index is 12.1. The molecule has 0 aliphatic heterocycles. The van der Waals surface area contributed by atoms with E-state index in [0.717, 1.165) is 38.9 Å². The van der Waals surface area contributed by atoms with Crippen molar-refractivity contribution in [2.45, 2.75) is 13.5 Å². The number of ketones is 1. The molecule has 2 heterocycles. The largest absolute Gasteiger partial charge is 0.392 e. The number of pyridine rings is 2. The highest BCUT2D eigenvalue weighted by Crippen LogP contribution is 2.27. The predicted molar refractivity (Wildman–Crippen MR) is 106 cm³/mol. The Morgan fingerprint density at radius 1 is 0.926 bits per heavy atom. The van der Waals surface area contributed by atoms with E-state index in [-0.39, 0.29) is 12.4 Å². The standard InChI is InChI=1S/C23H18N2O2/c1-15(27)20-12-23(25-22-10-11-24-13-21(20)22)19-8-6-18(7-9-19)17-4-2-16(14-26)3-5-17/h2-13,26H,14H2,1H3. The van der Waals surface area contributed by atoms with Crippen LogP contribution in [0.25, 0.3) is 33.3 Å². The Kier molecular flexibility index (Phi) is 4.48. The van der Waals surface area contributed by atoms with Crippen LogP contribution in [0.1, 0.15) is 22.8 Å². The molecule has 0 aliphatic rings. The monoisotopic (exact) mass is 354 g/mol. The summed E-state index contributed by atoms with van der Waals surface area (Å²) in [5, 5.41) is 9.94. The average Bonchev–Trinajstić information content (AvgIpc) is 2.73. The van der Waals surface area contributed by atoms with E-state index in [0.29, 0.717) is 5.56 Å². The van der Waals surface area contributed by atoms with Crippen LogP contribution in [-0.2, 0) is 6.61 Å². The lowest BCUT2D eigenvalue weighted by Crippen LogP contribution is -1.98. The third-order valence-electron chi connectivity index (χ3n) is 4.64. The summed E-state index contributed by atoms with van der Waals surface area (Å²) >= 11 is 0. The molecular formula is C23H18N2O2. The van der Waals surface area contributed by atoms with E-state index < -0.39 is 0 Å². The highest BCUT2D eigenvalue weighted by molar-refractivity contribution is 6.06. The molecule has 0 unspecified atom stereocenters. The van der Waals surface area contributed by atoms with Crippen molar-refractivity contribution in [3.05, 3.63) is 84.2 Å². The predicted octanol–water partition coefficient (Wildman–Crippen LogP) is 4.66. The first-order chi connectivity index (χ1) is 13.2. The molecule has 27 heavy (non-hydrogen) atoms. The molecule has 4 rings (SSSR count). The van der Waals surface area contributed by atoms with Crippen LogP contribution >= 0.6 is 0 Å². The fourth-order valence-corrected chi connectivity index (χ4v) is 3.14. The number of hydrogen-bond acceptors (Lipinski definition) is 4. The van der Waals surface area contributed by atoms with Gasteiger partial charge in [0.25, 0.3) is 0 Å². The number of aliphatic hydroxyl groups is 1. The minimum absolute atomic E-state index is 0.00255. The highest BCUT2D eigenvalue weighted by atomic mass is 16.3. The van der Waals surface area contributed by atoms with Crippen LogP contribution in [0.4, 0.5) is 0 Å². The zero-order valence-corrected chi connectivity index (χ0v) is 14.9. The summed E-state index contributed by atoms with van der Waals surface area (Å²) in [6, 6.07) is 19.6. The summed E-state index contributed by atoms with van der Waals surface area (Å²) in [6.45, 7) is 1.60. The van der Waals surface area contributed by atoms with E-state index in [1.807, 2.05) is 60.7 Å². The molecule has 4 aromatic rings. The number of aliphatic hydroxyl groups excluding tert-OH is 1. The first kappa shape index (κ1) is 17.1. The number of benzene rings is 2. The third kappa shape index (κ3) is 3.35. The van der Waals surface area contributed by atoms with Crippen LogP contribution in [0.2, 0.25) is 0 Å². The van der Waals surface area contributed by atoms with Gasteiger partial charge in [-0.1, -0.05) is 48.5 Å². The third-order valence-corrected chi connectivity index (χ3v) is 4.64. The maximum absolute atomic E-state index is 12.1. The van der Waals surface area contributed by atoms with E-state index in [1.165, 1.54) is 0 Å². The van der Waals surface area contributed by atoms with Gasteiger partial charge in [-0.15, -0.1) is 0 Å². The molecule has 0 bridgehead atoms. The first-order valence-electron chi connectivity index (χ1n) is 8.72. The zero-order chi connectivity index (χ0) is 18.8. The summed E-state index contributed by atoms with van der Waals surface area (Å²) < 4.78 is 0. The molecule has 0 saturated carbocycles. The molecule has 4 nitrogen and oxygen atoms in total. The van der Waals surface area contributed by atoms with Gasteiger partial charge in [0.2, 0.25) is 0 Å². The fraction of sp³-hybridized carbons (Fsp3) is 0.0870. The van der Waals surface area contributed by atoms with Gasteiger partial charge in [-0.2, -0.15) is 0 Å².